The second-order valence-corrected chi connectivity index (χ2v) is 7.26. The van der Waals surface area contributed by atoms with Crippen LogP contribution in [0.4, 0.5) is 5.69 Å². The Morgan fingerprint density at radius 2 is 1.65 bits per heavy atom. The minimum Gasteiger partial charge on any atom is -0.308 e. The van der Waals surface area contributed by atoms with Gasteiger partial charge >= 0.3 is 0 Å². The number of benzene rings is 2. The quantitative estimate of drug-likeness (QED) is 0.919. The van der Waals surface area contributed by atoms with E-state index in [-0.39, 0.29) is 5.91 Å². The molecule has 0 aromatic heterocycles. The van der Waals surface area contributed by atoms with Crippen molar-refractivity contribution in [2.75, 3.05) is 11.4 Å². The highest BCUT2D eigenvalue weighted by Crippen LogP contribution is 2.31. The largest absolute Gasteiger partial charge is 0.308 e. The molecule has 1 amide bonds. The van der Waals surface area contributed by atoms with Crippen LogP contribution in [0.1, 0.15) is 43.2 Å². The second-order valence-electron chi connectivity index (χ2n) is 7.26. The van der Waals surface area contributed by atoms with E-state index < -0.39 is 6.17 Å². The average molecular weight is 347 g/mol. The molecule has 1 heterocycles. The van der Waals surface area contributed by atoms with Gasteiger partial charge < -0.3 is 10.6 Å². The maximum absolute atomic E-state index is 13.1. The van der Waals surface area contributed by atoms with E-state index >= 15 is 0 Å². The zero-order valence-corrected chi connectivity index (χ0v) is 15.0. The number of benzodiazepines with no additional fused rings is 1. The first-order valence-corrected chi connectivity index (χ1v) is 9.53. The Balaban J connectivity index is 1.76. The maximum atomic E-state index is 13.1. The summed E-state index contributed by atoms with van der Waals surface area (Å²) in [6.07, 6.45) is 5.34. The van der Waals surface area contributed by atoms with E-state index in [1.54, 1.807) is 0 Å². The van der Waals surface area contributed by atoms with E-state index in [1.165, 1.54) is 32.1 Å². The zero-order chi connectivity index (χ0) is 17.9. The second kappa shape index (κ2) is 7.42. The maximum Gasteiger partial charge on any atom is 0.266 e. The van der Waals surface area contributed by atoms with Crippen LogP contribution in [-0.4, -0.2) is 24.3 Å². The molecule has 4 heteroatoms. The molecule has 2 N–H and O–H groups in total. The molecule has 2 aromatic carbocycles. The number of carbonyl (C=O) groups is 1. The lowest BCUT2D eigenvalue weighted by molar-refractivity contribution is -0.119. The van der Waals surface area contributed by atoms with Crippen molar-refractivity contribution in [2.24, 2.45) is 16.6 Å². The van der Waals surface area contributed by atoms with E-state index in [9.17, 15) is 4.79 Å². The number of carbonyl (C=O) groups excluding carboxylic acids is 1. The minimum atomic E-state index is -0.860. The summed E-state index contributed by atoms with van der Waals surface area (Å²) >= 11 is 0. The predicted molar refractivity (Wildman–Crippen MR) is 105 cm³/mol. The summed E-state index contributed by atoms with van der Waals surface area (Å²) in [6.45, 7) is 0.737. The fraction of sp³-hybridized carbons (Fsp3) is 0.364. The van der Waals surface area contributed by atoms with Crippen LogP contribution in [0.15, 0.2) is 59.6 Å². The first kappa shape index (κ1) is 17.0. The van der Waals surface area contributed by atoms with Gasteiger partial charge in [-0.25, -0.2) is 0 Å². The molecule has 1 aliphatic heterocycles. The predicted octanol–water partition coefficient (Wildman–Crippen LogP) is 3.74. The van der Waals surface area contributed by atoms with Gasteiger partial charge in [0, 0.05) is 17.7 Å². The van der Waals surface area contributed by atoms with Crippen molar-refractivity contribution in [1.82, 2.24) is 0 Å². The van der Waals surface area contributed by atoms with Gasteiger partial charge in [-0.2, -0.15) is 0 Å². The molecule has 4 rings (SSSR count). The number of hydrogen-bond acceptors (Lipinski definition) is 3. The van der Waals surface area contributed by atoms with Gasteiger partial charge in [-0.3, -0.25) is 9.79 Å². The Bertz CT molecular complexity index is 809. The monoisotopic (exact) mass is 347 g/mol. The Kier molecular flexibility index (Phi) is 4.85. The molecule has 0 spiro atoms. The van der Waals surface area contributed by atoms with Gasteiger partial charge in [0.15, 0.2) is 6.17 Å². The summed E-state index contributed by atoms with van der Waals surface area (Å²) in [6, 6.07) is 18.0. The van der Waals surface area contributed by atoms with Gasteiger partial charge in [0.25, 0.3) is 5.91 Å². The lowest BCUT2D eigenvalue weighted by Gasteiger charge is -2.30. The van der Waals surface area contributed by atoms with Gasteiger partial charge in [-0.05, 0) is 24.8 Å². The molecule has 134 valence electrons. The number of amides is 1. The van der Waals surface area contributed by atoms with Gasteiger partial charge in [0.05, 0.1) is 11.4 Å². The molecule has 0 bridgehead atoms. The molecule has 4 nitrogen and oxygen atoms in total. The molecule has 1 atom stereocenters. The van der Waals surface area contributed by atoms with Crippen LogP contribution in [-0.2, 0) is 4.79 Å². The average Bonchev–Trinajstić information content (AvgIpc) is 2.80. The van der Waals surface area contributed by atoms with Gasteiger partial charge in [0.2, 0.25) is 0 Å². The summed E-state index contributed by atoms with van der Waals surface area (Å²) in [4.78, 5) is 19.6. The Morgan fingerprint density at radius 1 is 0.962 bits per heavy atom. The Morgan fingerprint density at radius 3 is 2.42 bits per heavy atom. The number of para-hydroxylation sites is 1. The van der Waals surface area contributed by atoms with Crippen LogP contribution in [0.25, 0.3) is 0 Å². The Labute approximate surface area is 154 Å². The summed E-state index contributed by atoms with van der Waals surface area (Å²) in [5, 5.41) is 0. The van der Waals surface area contributed by atoms with Crippen LogP contribution >= 0.6 is 0 Å². The standard InChI is InChI=1S/C22H25N3O/c23-21-22(26)25(15-16-9-3-1-4-10-16)19-14-8-7-13-18(19)20(24-21)17-11-5-2-6-12-17/h2,5-8,11-14,16,21H,1,3-4,9-10,15,23H2. The number of anilines is 1. The van der Waals surface area contributed by atoms with Gasteiger partial charge in [-0.15, -0.1) is 0 Å². The third kappa shape index (κ3) is 3.29. The molecule has 2 aromatic rings. The summed E-state index contributed by atoms with van der Waals surface area (Å²) in [5.41, 5.74) is 9.90. The number of fused-ring (bicyclic) bond motifs is 1. The van der Waals surface area contributed by atoms with Crippen molar-refractivity contribution in [2.45, 2.75) is 38.3 Å². The number of rotatable bonds is 3. The molecular formula is C22H25N3O. The fourth-order valence-electron chi connectivity index (χ4n) is 4.09. The molecular weight excluding hydrogens is 322 g/mol. The summed E-state index contributed by atoms with van der Waals surface area (Å²) < 4.78 is 0. The number of nitrogens with two attached hydrogens (primary N) is 1. The molecule has 1 aliphatic carbocycles. The van der Waals surface area contributed by atoms with Crippen LogP contribution < -0.4 is 10.6 Å². The van der Waals surface area contributed by atoms with Crippen molar-refractivity contribution in [3.8, 4) is 0 Å². The molecule has 1 unspecified atom stereocenters. The minimum absolute atomic E-state index is 0.103. The third-order valence-corrected chi connectivity index (χ3v) is 5.45. The van der Waals surface area contributed by atoms with Gasteiger partial charge in [0.1, 0.15) is 0 Å². The highest BCUT2D eigenvalue weighted by atomic mass is 16.2. The summed E-state index contributed by atoms with van der Waals surface area (Å²) in [5.74, 6) is 0.445. The van der Waals surface area contributed by atoms with E-state index in [1.807, 2.05) is 59.5 Å². The molecule has 26 heavy (non-hydrogen) atoms. The smallest absolute Gasteiger partial charge is 0.266 e. The molecule has 2 aliphatic rings. The lowest BCUT2D eigenvalue weighted by atomic mass is 9.88. The Hall–Kier alpha value is -2.46. The SMILES string of the molecule is NC1N=C(c2ccccc2)c2ccccc2N(CC2CCCCC2)C1=O. The molecule has 0 radical (unpaired) electrons. The van der Waals surface area contributed by atoms with Crippen molar-refractivity contribution < 1.29 is 4.79 Å². The van der Waals surface area contributed by atoms with E-state index in [0.717, 1.165) is 29.1 Å². The number of hydrogen-bond donors (Lipinski definition) is 1. The number of nitrogens with zero attached hydrogens (tertiary/aromatic N) is 2. The summed E-state index contributed by atoms with van der Waals surface area (Å²) in [7, 11) is 0. The van der Waals surface area contributed by atoms with Crippen LogP contribution in [0.3, 0.4) is 0 Å². The number of aliphatic imine (C=N–C) groups is 1. The van der Waals surface area contributed by atoms with Crippen molar-refractivity contribution >= 4 is 17.3 Å². The van der Waals surface area contributed by atoms with E-state index in [2.05, 4.69) is 4.99 Å². The van der Waals surface area contributed by atoms with Crippen LogP contribution in [0.5, 0.6) is 0 Å². The van der Waals surface area contributed by atoms with Crippen molar-refractivity contribution in [1.29, 1.82) is 0 Å². The van der Waals surface area contributed by atoms with Crippen molar-refractivity contribution in [3.63, 3.8) is 0 Å². The highest BCUT2D eigenvalue weighted by molar-refractivity contribution is 6.20. The van der Waals surface area contributed by atoms with E-state index in [0.29, 0.717) is 5.92 Å². The third-order valence-electron chi connectivity index (χ3n) is 5.45. The van der Waals surface area contributed by atoms with Crippen molar-refractivity contribution in [3.05, 3.63) is 65.7 Å². The highest BCUT2D eigenvalue weighted by Gasteiger charge is 2.31. The lowest BCUT2D eigenvalue weighted by Crippen LogP contribution is -2.44. The molecule has 0 saturated heterocycles. The van der Waals surface area contributed by atoms with E-state index in [4.69, 9.17) is 5.73 Å². The normalized spacial score (nSPS) is 21.1. The topological polar surface area (TPSA) is 58.7 Å². The van der Waals surface area contributed by atoms with Gasteiger partial charge in [-0.1, -0.05) is 67.8 Å². The molecule has 1 fully saturated rings. The molecule has 1 saturated carbocycles. The fourth-order valence-corrected chi connectivity index (χ4v) is 4.09. The first-order valence-electron chi connectivity index (χ1n) is 9.53. The first-order chi connectivity index (χ1) is 12.7. The zero-order valence-electron chi connectivity index (χ0n) is 15.0. The van der Waals surface area contributed by atoms with Crippen LogP contribution in [0, 0.1) is 5.92 Å². The van der Waals surface area contributed by atoms with Crippen LogP contribution in [0.2, 0.25) is 0 Å².